The number of likely N-dealkylation sites (tertiary alicyclic amines) is 1. The molecular formula is C24H31N5O. The van der Waals surface area contributed by atoms with Gasteiger partial charge in [-0.25, -0.2) is 4.98 Å². The quantitative estimate of drug-likeness (QED) is 0.673. The van der Waals surface area contributed by atoms with Crippen LogP contribution in [0.3, 0.4) is 0 Å². The van der Waals surface area contributed by atoms with Gasteiger partial charge in [0.25, 0.3) is 5.91 Å². The molecule has 1 aliphatic rings. The van der Waals surface area contributed by atoms with Gasteiger partial charge in [-0.05, 0) is 57.5 Å². The van der Waals surface area contributed by atoms with E-state index in [4.69, 9.17) is 4.98 Å². The van der Waals surface area contributed by atoms with E-state index < -0.39 is 0 Å². The third-order valence-corrected chi connectivity index (χ3v) is 6.00. The maximum Gasteiger partial charge on any atom is 0.252 e. The first-order chi connectivity index (χ1) is 14.6. The van der Waals surface area contributed by atoms with Crippen LogP contribution in [0.5, 0.6) is 0 Å². The van der Waals surface area contributed by atoms with Gasteiger partial charge in [-0.1, -0.05) is 31.0 Å². The number of aryl methyl sites for hydroxylation is 1. The Kier molecular flexibility index (Phi) is 6.43. The highest BCUT2D eigenvalue weighted by Gasteiger charge is 2.18. The monoisotopic (exact) mass is 405 g/mol. The summed E-state index contributed by atoms with van der Waals surface area (Å²) in [6, 6.07) is 11.7. The molecule has 0 spiro atoms. The Bertz CT molecular complexity index is 1000. The van der Waals surface area contributed by atoms with Gasteiger partial charge in [0.2, 0.25) is 0 Å². The molecule has 1 N–H and O–H groups in total. The van der Waals surface area contributed by atoms with Gasteiger partial charge in [0.05, 0.1) is 22.5 Å². The molecular weight excluding hydrogens is 374 g/mol. The SMILES string of the molecule is CC(CCN1CCCCCC1)NC(=O)c1cc(-c2ccnn2C)nc2ccccc12. The van der Waals surface area contributed by atoms with E-state index in [1.165, 1.54) is 38.8 Å². The molecule has 0 aliphatic carbocycles. The van der Waals surface area contributed by atoms with Gasteiger partial charge >= 0.3 is 0 Å². The zero-order valence-corrected chi connectivity index (χ0v) is 18.0. The average molecular weight is 406 g/mol. The zero-order valence-electron chi connectivity index (χ0n) is 18.0. The number of hydrogen-bond donors (Lipinski definition) is 1. The standard InChI is InChI=1S/C24H31N5O/c1-18(12-16-29-14-7-3-4-8-15-29)26-24(30)20-17-22(23-11-13-25-28(23)2)27-21-10-6-5-9-19(20)21/h5-6,9-11,13,17-18H,3-4,7-8,12,14-16H2,1-2H3,(H,26,30). The van der Waals surface area contributed by atoms with Gasteiger partial charge in [0, 0.05) is 31.2 Å². The molecule has 6 heteroatoms. The number of rotatable bonds is 6. The van der Waals surface area contributed by atoms with E-state index in [0.29, 0.717) is 5.56 Å². The second-order valence-corrected chi connectivity index (χ2v) is 8.33. The minimum atomic E-state index is -0.0413. The highest BCUT2D eigenvalue weighted by atomic mass is 16.1. The van der Waals surface area contributed by atoms with Crippen molar-refractivity contribution in [1.29, 1.82) is 0 Å². The number of fused-ring (bicyclic) bond motifs is 1. The van der Waals surface area contributed by atoms with Crippen molar-refractivity contribution in [3.05, 3.63) is 48.2 Å². The molecule has 4 rings (SSSR count). The molecule has 2 aromatic heterocycles. The van der Waals surface area contributed by atoms with Crippen LogP contribution in [0, 0.1) is 0 Å². The van der Waals surface area contributed by atoms with E-state index in [0.717, 1.165) is 35.3 Å². The Labute approximate surface area is 178 Å². The second-order valence-electron chi connectivity index (χ2n) is 8.33. The molecule has 1 amide bonds. The first-order valence-electron chi connectivity index (χ1n) is 11.0. The van der Waals surface area contributed by atoms with E-state index in [1.54, 1.807) is 10.9 Å². The zero-order chi connectivity index (χ0) is 20.9. The van der Waals surface area contributed by atoms with Crippen LogP contribution in [-0.4, -0.2) is 51.2 Å². The molecule has 0 bridgehead atoms. The van der Waals surface area contributed by atoms with Crippen LogP contribution in [0.1, 0.15) is 49.4 Å². The van der Waals surface area contributed by atoms with Crippen molar-refractivity contribution in [2.24, 2.45) is 7.05 Å². The normalized spacial score (nSPS) is 16.3. The number of para-hydroxylation sites is 1. The number of benzene rings is 1. The number of nitrogens with one attached hydrogen (secondary N) is 1. The predicted molar refractivity (Wildman–Crippen MR) is 120 cm³/mol. The van der Waals surface area contributed by atoms with Crippen molar-refractivity contribution in [2.75, 3.05) is 19.6 Å². The van der Waals surface area contributed by atoms with Crippen molar-refractivity contribution in [3.8, 4) is 11.4 Å². The molecule has 0 saturated carbocycles. The Morgan fingerprint density at radius 3 is 2.63 bits per heavy atom. The van der Waals surface area contributed by atoms with Gasteiger partial charge in [0.1, 0.15) is 0 Å². The van der Waals surface area contributed by atoms with E-state index in [2.05, 4.69) is 22.2 Å². The fraction of sp³-hybridized carbons (Fsp3) is 0.458. The number of nitrogens with zero attached hydrogens (tertiary/aromatic N) is 4. The Morgan fingerprint density at radius 1 is 1.13 bits per heavy atom. The van der Waals surface area contributed by atoms with Gasteiger partial charge < -0.3 is 10.2 Å². The van der Waals surface area contributed by atoms with Crippen LogP contribution < -0.4 is 5.32 Å². The average Bonchev–Trinajstić information content (AvgIpc) is 3.01. The third kappa shape index (κ3) is 4.70. The van der Waals surface area contributed by atoms with Crippen LogP contribution >= 0.6 is 0 Å². The molecule has 3 heterocycles. The molecule has 1 saturated heterocycles. The summed E-state index contributed by atoms with van der Waals surface area (Å²) >= 11 is 0. The summed E-state index contributed by atoms with van der Waals surface area (Å²) in [5, 5.41) is 8.33. The molecule has 30 heavy (non-hydrogen) atoms. The van der Waals surface area contributed by atoms with E-state index in [9.17, 15) is 4.79 Å². The molecule has 1 unspecified atom stereocenters. The van der Waals surface area contributed by atoms with Crippen molar-refractivity contribution < 1.29 is 4.79 Å². The molecule has 1 fully saturated rings. The van der Waals surface area contributed by atoms with Crippen molar-refractivity contribution >= 4 is 16.8 Å². The number of amides is 1. The summed E-state index contributed by atoms with van der Waals surface area (Å²) in [6.45, 7) is 5.51. The van der Waals surface area contributed by atoms with Crippen molar-refractivity contribution in [3.63, 3.8) is 0 Å². The smallest absolute Gasteiger partial charge is 0.252 e. The Morgan fingerprint density at radius 2 is 1.90 bits per heavy atom. The lowest BCUT2D eigenvalue weighted by Gasteiger charge is -2.22. The maximum absolute atomic E-state index is 13.2. The summed E-state index contributed by atoms with van der Waals surface area (Å²) in [5.74, 6) is -0.0413. The second kappa shape index (κ2) is 9.39. The fourth-order valence-electron chi connectivity index (χ4n) is 4.23. The van der Waals surface area contributed by atoms with Gasteiger partial charge in [-0.15, -0.1) is 0 Å². The number of hydrogen-bond acceptors (Lipinski definition) is 4. The van der Waals surface area contributed by atoms with Gasteiger partial charge in [0.15, 0.2) is 0 Å². The summed E-state index contributed by atoms with van der Waals surface area (Å²) in [6.07, 6.45) is 7.98. The fourth-order valence-corrected chi connectivity index (χ4v) is 4.23. The number of aromatic nitrogens is 3. The third-order valence-electron chi connectivity index (χ3n) is 6.00. The molecule has 1 atom stereocenters. The summed E-state index contributed by atoms with van der Waals surface area (Å²) in [4.78, 5) is 20.5. The minimum absolute atomic E-state index is 0.0413. The lowest BCUT2D eigenvalue weighted by molar-refractivity contribution is 0.0937. The molecule has 3 aromatic rings. The van der Waals surface area contributed by atoms with Crippen LogP contribution in [0.2, 0.25) is 0 Å². The summed E-state index contributed by atoms with van der Waals surface area (Å²) in [7, 11) is 1.89. The first kappa shape index (κ1) is 20.5. The lowest BCUT2D eigenvalue weighted by Crippen LogP contribution is -2.36. The number of carbonyl (C=O) groups excluding carboxylic acids is 1. The first-order valence-corrected chi connectivity index (χ1v) is 11.0. The van der Waals surface area contributed by atoms with Crippen LogP contribution in [0.15, 0.2) is 42.6 Å². The largest absolute Gasteiger partial charge is 0.350 e. The predicted octanol–water partition coefficient (Wildman–Crippen LogP) is 4.02. The Balaban J connectivity index is 1.51. The molecule has 158 valence electrons. The maximum atomic E-state index is 13.2. The minimum Gasteiger partial charge on any atom is -0.350 e. The van der Waals surface area contributed by atoms with E-state index in [-0.39, 0.29) is 11.9 Å². The molecule has 0 radical (unpaired) electrons. The molecule has 1 aromatic carbocycles. The van der Waals surface area contributed by atoms with Crippen molar-refractivity contribution in [2.45, 2.75) is 45.1 Å². The Hall–Kier alpha value is -2.73. The summed E-state index contributed by atoms with van der Waals surface area (Å²) in [5.41, 5.74) is 3.14. The van der Waals surface area contributed by atoms with Crippen LogP contribution in [-0.2, 0) is 7.05 Å². The van der Waals surface area contributed by atoms with Crippen molar-refractivity contribution in [1.82, 2.24) is 25.0 Å². The number of pyridine rings is 1. The topological polar surface area (TPSA) is 63.1 Å². The molecule has 6 nitrogen and oxygen atoms in total. The van der Waals surface area contributed by atoms with Crippen LogP contribution in [0.25, 0.3) is 22.3 Å². The van der Waals surface area contributed by atoms with E-state index >= 15 is 0 Å². The lowest BCUT2D eigenvalue weighted by atomic mass is 10.0. The number of carbonyl (C=O) groups is 1. The van der Waals surface area contributed by atoms with Gasteiger partial charge in [-0.3, -0.25) is 9.48 Å². The van der Waals surface area contributed by atoms with Crippen LogP contribution in [0.4, 0.5) is 0 Å². The highest BCUT2D eigenvalue weighted by Crippen LogP contribution is 2.24. The summed E-state index contributed by atoms with van der Waals surface area (Å²) < 4.78 is 1.78. The van der Waals surface area contributed by atoms with E-state index in [1.807, 2.05) is 43.4 Å². The van der Waals surface area contributed by atoms with Gasteiger partial charge in [-0.2, -0.15) is 5.10 Å². The molecule has 1 aliphatic heterocycles. The highest BCUT2D eigenvalue weighted by molar-refractivity contribution is 6.07.